The highest BCUT2D eigenvalue weighted by Gasteiger charge is 2.33. The molecule has 1 aromatic heterocycles. The lowest BCUT2D eigenvalue weighted by Crippen LogP contribution is -2.57. The summed E-state index contributed by atoms with van der Waals surface area (Å²) in [6.07, 6.45) is 3.08. The number of carbonyl (C=O) groups is 2. The normalized spacial score (nSPS) is 18.7. The van der Waals surface area contributed by atoms with Gasteiger partial charge in [0.25, 0.3) is 5.91 Å². The third kappa shape index (κ3) is 3.57. The predicted molar refractivity (Wildman–Crippen MR) is 74.6 cm³/mol. The summed E-state index contributed by atoms with van der Waals surface area (Å²) in [5.74, 6) is -0.338. The van der Waals surface area contributed by atoms with Crippen LogP contribution >= 0.6 is 0 Å². The van der Waals surface area contributed by atoms with E-state index in [-0.39, 0.29) is 17.5 Å². The number of nitrogens with zero attached hydrogens (tertiary/aromatic N) is 4. The third-order valence-electron chi connectivity index (χ3n) is 3.44. The number of carbonyl (C=O) groups excluding carboxylic acids is 2. The number of hydrogen-bond donors (Lipinski definition) is 1. The van der Waals surface area contributed by atoms with Crippen LogP contribution in [-0.2, 0) is 16.1 Å². The molecule has 2 amide bonds. The van der Waals surface area contributed by atoms with Gasteiger partial charge in [0.2, 0.25) is 5.91 Å². The van der Waals surface area contributed by atoms with Gasteiger partial charge in [-0.15, -0.1) is 5.10 Å². The fraction of sp³-hybridized carbons (Fsp3) is 0.692. The number of methoxy groups -OCH3 is 1. The Hall–Kier alpha value is -1.96. The number of aromatic nitrogens is 3. The first-order chi connectivity index (χ1) is 10.2. The number of piperazine rings is 1. The topological polar surface area (TPSA) is 89.4 Å². The molecule has 0 unspecified atom stereocenters. The monoisotopic (exact) mass is 295 g/mol. The van der Waals surface area contributed by atoms with Gasteiger partial charge in [0.15, 0.2) is 5.69 Å². The SMILES string of the molecule is CCC[C@H]1C(=O)NCCN1C(=O)c1cn(CCOC)nn1. The second kappa shape index (κ2) is 7.16. The average Bonchev–Trinajstić information content (AvgIpc) is 2.95. The van der Waals surface area contributed by atoms with Gasteiger partial charge in [-0.1, -0.05) is 18.6 Å². The first-order valence-electron chi connectivity index (χ1n) is 7.15. The average molecular weight is 295 g/mol. The van der Waals surface area contributed by atoms with Gasteiger partial charge >= 0.3 is 0 Å². The molecule has 116 valence electrons. The summed E-state index contributed by atoms with van der Waals surface area (Å²) >= 11 is 0. The molecule has 1 saturated heterocycles. The Morgan fingerprint density at radius 1 is 1.57 bits per heavy atom. The first-order valence-corrected chi connectivity index (χ1v) is 7.15. The van der Waals surface area contributed by atoms with Gasteiger partial charge in [-0.3, -0.25) is 9.59 Å². The van der Waals surface area contributed by atoms with Crippen molar-refractivity contribution in [3.63, 3.8) is 0 Å². The van der Waals surface area contributed by atoms with Crippen molar-refractivity contribution in [2.75, 3.05) is 26.8 Å². The van der Waals surface area contributed by atoms with Crippen LogP contribution < -0.4 is 5.32 Å². The molecule has 1 N–H and O–H groups in total. The zero-order chi connectivity index (χ0) is 15.2. The van der Waals surface area contributed by atoms with Crippen LogP contribution in [0, 0.1) is 0 Å². The zero-order valence-electron chi connectivity index (χ0n) is 12.4. The molecule has 1 atom stereocenters. The molecule has 0 saturated carbocycles. The molecule has 0 radical (unpaired) electrons. The van der Waals surface area contributed by atoms with Gasteiger partial charge in [0, 0.05) is 20.2 Å². The lowest BCUT2D eigenvalue weighted by molar-refractivity contribution is -0.128. The van der Waals surface area contributed by atoms with Crippen LogP contribution in [0.15, 0.2) is 6.20 Å². The Labute approximate surface area is 123 Å². The molecular weight excluding hydrogens is 274 g/mol. The highest BCUT2D eigenvalue weighted by atomic mass is 16.5. The van der Waals surface area contributed by atoms with E-state index in [1.165, 1.54) is 0 Å². The Kier molecular flexibility index (Phi) is 5.26. The van der Waals surface area contributed by atoms with Gasteiger partial charge in [0.05, 0.1) is 19.3 Å². The van der Waals surface area contributed by atoms with Crippen LogP contribution in [0.3, 0.4) is 0 Å². The smallest absolute Gasteiger partial charge is 0.276 e. The maximum Gasteiger partial charge on any atom is 0.276 e. The molecule has 0 aliphatic carbocycles. The van der Waals surface area contributed by atoms with E-state index in [1.807, 2.05) is 6.92 Å². The number of rotatable bonds is 6. The second-order valence-corrected chi connectivity index (χ2v) is 4.95. The zero-order valence-corrected chi connectivity index (χ0v) is 12.4. The Bertz CT molecular complexity index is 502. The summed E-state index contributed by atoms with van der Waals surface area (Å²) in [7, 11) is 1.60. The van der Waals surface area contributed by atoms with Gasteiger partial charge < -0.3 is 15.0 Å². The number of hydrogen-bond acceptors (Lipinski definition) is 5. The van der Waals surface area contributed by atoms with E-state index in [0.29, 0.717) is 32.7 Å². The highest BCUT2D eigenvalue weighted by molar-refractivity contribution is 5.96. The minimum atomic E-state index is -0.416. The summed E-state index contributed by atoms with van der Waals surface area (Å²) < 4.78 is 6.52. The standard InChI is InChI=1S/C13H21N5O3/c1-3-4-11-12(19)14-5-6-18(11)13(20)10-9-17(16-15-10)7-8-21-2/h9,11H,3-8H2,1-2H3,(H,14,19)/t11-/m0/s1. The van der Waals surface area contributed by atoms with E-state index in [2.05, 4.69) is 15.6 Å². The lowest BCUT2D eigenvalue weighted by atomic mass is 10.1. The van der Waals surface area contributed by atoms with Crippen molar-refractivity contribution in [2.45, 2.75) is 32.4 Å². The van der Waals surface area contributed by atoms with Gasteiger partial charge in [-0.2, -0.15) is 0 Å². The summed E-state index contributed by atoms with van der Waals surface area (Å²) in [5.41, 5.74) is 0.266. The van der Waals surface area contributed by atoms with Crippen molar-refractivity contribution in [2.24, 2.45) is 0 Å². The molecule has 21 heavy (non-hydrogen) atoms. The lowest BCUT2D eigenvalue weighted by Gasteiger charge is -2.34. The Balaban J connectivity index is 2.09. The molecule has 1 aromatic rings. The number of amides is 2. The fourth-order valence-electron chi connectivity index (χ4n) is 2.36. The second-order valence-electron chi connectivity index (χ2n) is 4.95. The molecule has 2 heterocycles. The van der Waals surface area contributed by atoms with Crippen LogP contribution in [0.25, 0.3) is 0 Å². The molecule has 2 rings (SSSR count). The van der Waals surface area contributed by atoms with Gasteiger partial charge in [-0.05, 0) is 6.42 Å². The molecule has 1 aliphatic heterocycles. The molecule has 1 aliphatic rings. The van der Waals surface area contributed by atoms with Crippen LogP contribution in [0.4, 0.5) is 0 Å². The molecule has 8 nitrogen and oxygen atoms in total. The Morgan fingerprint density at radius 3 is 3.10 bits per heavy atom. The minimum Gasteiger partial charge on any atom is -0.383 e. The maximum absolute atomic E-state index is 12.5. The predicted octanol–water partition coefficient (Wildman–Crippen LogP) is -0.335. The summed E-state index contributed by atoms with van der Waals surface area (Å²) in [6.45, 7) is 4.01. The molecule has 0 spiro atoms. The third-order valence-corrected chi connectivity index (χ3v) is 3.44. The molecule has 8 heteroatoms. The van der Waals surface area contributed by atoms with Gasteiger partial charge in [-0.25, -0.2) is 4.68 Å². The largest absolute Gasteiger partial charge is 0.383 e. The quantitative estimate of drug-likeness (QED) is 0.776. The molecular formula is C13H21N5O3. The number of ether oxygens (including phenoxy) is 1. The molecule has 0 aromatic carbocycles. The van der Waals surface area contributed by atoms with E-state index < -0.39 is 6.04 Å². The van der Waals surface area contributed by atoms with Gasteiger partial charge in [0.1, 0.15) is 6.04 Å². The van der Waals surface area contributed by atoms with E-state index in [9.17, 15) is 9.59 Å². The highest BCUT2D eigenvalue weighted by Crippen LogP contribution is 2.14. The molecule has 1 fully saturated rings. The van der Waals surface area contributed by atoms with Crippen molar-refractivity contribution in [1.82, 2.24) is 25.2 Å². The summed E-state index contributed by atoms with van der Waals surface area (Å²) in [4.78, 5) is 26.0. The Morgan fingerprint density at radius 2 is 2.38 bits per heavy atom. The van der Waals surface area contributed by atoms with E-state index in [4.69, 9.17) is 4.74 Å². The fourth-order valence-corrected chi connectivity index (χ4v) is 2.36. The van der Waals surface area contributed by atoms with E-state index >= 15 is 0 Å². The summed E-state index contributed by atoms with van der Waals surface area (Å²) in [6, 6.07) is -0.416. The number of nitrogens with one attached hydrogen (secondary N) is 1. The van der Waals surface area contributed by atoms with Crippen LogP contribution in [0.5, 0.6) is 0 Å². The van der Waals surface area contributed by atoms with Crippen molar-refractivity contribution < 1.29 is 14.3 Å². The van der Waals surface area contributed by atoms with Crippen LogP contribution in [-0.4, -0.2) is 64.6 Å². The van der Waals surface area contributed by atoms with Crippen LogP contribution in [0.2, 0.25) is 0 Å². The van der Waals surface area contributed by atoms with Crippen molar-refractivity contribution in [1.29, 1.82) is 0 Å². The van der Waals surface area contributed by atoms with Crippen molar-refractivity contribution in [3.05, 3.63) is 11.9 Å². The van der Waals surface area contributed by atoms with Crippen LogP contribution in [0.1, 0.15) is 30.3 Å². The van der Waals surface area contributed by atoms with E-state index in [1.54, 1.807) is 22.9 Å². The maximum atomic E-state index is 12.5. The molecule has 0 bridgehead atoms. The van der Waals surface area contributed by atoms with Crippen molar-refractivity contribution in [3.8, 4) is 0 Å². The van der Waals surface area contributed by atoms with Crippen molar-refractivity contribution >= 4 is 11.8 Å². The van der Waals surface area contributed by atoms with E-state index in [0.717, 1.165) is 6.42 Å². The first kappa shape index (κ1) is 15.4. The summed E-state index contributed by atoms with van der Waals surface area (Å²) in [5, 5.41) is 10.6. The minimum absolute atomic E-state index is 0.0942.